The van der Waals surface area contributed by atoms with Gasteiger partial charge in [0.2, 0.25) is 0 Å². The van der Waals surface area contributed by atoms with Crippen LogP contribution in [-0.2, 0) is 20.9 Å². The lowest BCUT2D eigenvalue weighted by Crippen LogP contribution is -2.54. The minimum atomic E-state index is -1.41. The second kappa shape index (κ2) is 7.72. The van der Waals surface area contributed by atoms with E-state index in [1.807, 2.05) is 36.4 Å². The molecule has 0 bridgehead atoms. The maximum atomic E-state index is 11.9. The van der Waals surface area contributed by atoms with Gasteiger partial charge in [0.15, 0.2) is 5.79 Å². The Bertz CT molecular complexity index is 629. The number of methoxy groups -OCH3 is 1. The van der Waals surface area contributed by atoms with E-state index in [1.54, 1.807) is 19.1 Å². The molecule has 1 aliphatic rings. The number of benzene rings is 1. The monoisotopic (exact) mass is 332 g/mol. The average molecular weight is 332 g/mol. The first kappa shape index (κ1) is 18.4. The number of rotatable bonds is 7. The number of nitrogens with one attached hydrogen (secondary N) is 1. The van der Waals surface area contributed by atoms with Gasteiger partial charge in [0.1, 0.15) is 5.54 Å². The average Bonchev–Trinajstić information content (AvgIpc) is 2.60. The predicted molar refractivity (Wildman–Crippen MR) is 90.4 cm³/mol. The topological polar surface area (TPSA) is 93.8 Å². The molecule has 1 aromatic rings. The molecule has 2 unspecified atom stereocenters. The molecule has 0 saturated heterocycles. The van der Waals surface area contributed by atoms with E-state index in [0.717, 1.165) is 11.1 Å². The van der Waals surface area contributed by atoms with Crippen molar-refractivity contribution >= 4 is 5.97 Å². The third kappa shape index (κ3) is 4.52. The molecule has 0 radical (unpaired) electrons. The van der Waals surface area contributed by atoms with Crippen molar-refractivity contribution in [2.24, 2.45) is 5.84 Å². The lowest BCUT2D eigenvalue weighted by atomic mass is 9.87. The van der Waals surface area contributed by atoms with Gasteiger partial charge in [-0.2, -0.15) is 0 Å². The van der Waals surface area contributed by atoms with E-state index in [-0.39, 0.29) is 6.42 Å². The van der Waals surface area contributed by atoms with Crippen molar-refractivity contribution in [1.29, 1.82) is 0 Å². The van der Waals surface area contributed by atoms with Gasteiger partial charge in [0.25, 0.3) is 0 Å². The highest BCUT2D eigenvalue weighted by atomic mass is 16.6. The van der Waals surface area contributed by atoms with Gasteiger partial charge in [-0.3, -0.25) is 10.6 Å². The summed E-state index contributed by atoms with van der Waals surface area (Å²) in [5.41, 5.74) is 3.24. The molecule has 0 amide bonds. The minimum absolute atomic E-state index is 0.255. The summed E-state index contributed by atoms with van der Waals surface area (Å²) in [5, 5.41) is 10.7. The highest BCUT2D eigenvalue weighted by Crippen LogP contribution is 2.30. The number of aliphatic hydroxyl groups is 1. The maximum absolute atomic E-state index is 11.9. The van der Waals surface area contributed by atoms with Crippen molar-refractivity contribution in [2.75, 3.05) is 7.11 Å². The number of hydrogen-bond donors (Lipinski definition) is 3. The number of hydrazine groups is 1. The van der Waals surface area contributed by atoms with Crippen LogP contribution in [-0.4, -0.2) is 29.5 Å². The lowest BCUT2D eigenvalue weighted by Gasteiger charge is -2.32. The molecular weight excluding hydrogens is 308 g/mol. The molecule has 4 N–H and O–H groups in total. The van der Waals surface area contributed by atoms with Crippen LogP contribution in [0.2, 0.25) is 0 Å². The molecule has 0 aliphatic heterocycles. The quantitative estimate of drug-likeness (QED) is 0.304. The Labute approximate surface area is 141 Å². The Morgan fingerprint density at radius 1 is 1.42 bits per heavy atom. The lowest BCUT2D eigenvalue weighted by molar-refractivity contribution is -0.175. The van der Waals surface area contributed by atoms with Crippen molar-refractivity contribution in [3.63, 3.8) is 0 Å². The Kier molecular flexibility index (Phi) is 5.90. The van der Waals surface area contributed by atoms with Crippen LogP contribution < -0.4 is 11.3 Å². The number of ether oxygens (including phenoxy) is 2. The molecular formula is C18H24N2O4. The second-order valence-electron chi connectivity index (χ2n) is 6.12. The van der Waals surface area contributed by atoms with Gasteiger partial charge in [0, 0.05) is 6.42 Å². The Morgan fingerprint density at radius 3 is 2.75 bits per heavy atom. The molecule has 0 spiro atoms. The van der Waals surface area contributed by atoms with Gasteiger partial charge in [-0.25, -0.2) is 5.43 Å². The number of carbonyl (C=O) groups excluding carboxylic acids is 1. The first-order valence-electron chi connectivity index (χ1n) is 7.74. The largest absolute Gasteiger partial charge is 0.468 e. The van der Waals surface area contributed by atoms with Gasteiger partial charge in [0.05, 0.1) is 13.7 Å². The van der Waals surface area contributed by atoms with E-state index >= 15 is 0 Å². The van der Waals surface area contributed by atoms with E-state index in [9.17, 15) is 9.90 Å². The molecule has 6 heteroatoms. The molecule has 0 saturated carbocycles. The van der Waals surface area contributed by atoms with Crippen molar-refractivity contribution in [2.45, 2.75) is 37.7 Å². The molecule has 0 aromatic heterocycles. The summed E-state index contributed by atoms with van der Waals surface area (Å²) >= 11 is 0. The number of esters is 1. The molecule has 0 heterocycles. The molecule has 1 aromatic carbocycles. The van der Waals surface area contributed by atoms with Crippen LogP contribution in [0.15, 0.2) is 54.1 Å². The van der Waals surface area contributed by atoms with Gasteiger partial charge in [-0.1, -0.05) is 48.1 Å². The van der Waals surface area contributed by atoms with Crippen LogP contribution in [0.3, 0.4) is 0 Å². The van der Waals surface area contributed by atoms with Crippen LogP contribution in [0.4, 0.5) is 0 Å². The van der Waals surface area contributed by atoms with Crippen molar-refractivity contribution in [1.82, 2.24) is 5.43 Å². The SMILES string of the molecule is COC(=O)C(C)(CC1=CC=CC(O)(OCc2ccccc2)C1)NN. The van der Waals surface area contributed by atoms with Gasteiger partial charge in [-0.15, -0.1) is 0 Å². The van der Waals surface area contributed by atoms with Crippen LogP contribution in [0.5, 0.6) is 0 Å². The van der Waals surface area contributed by atoms with Crippen LogP contribution in [0.25, 0.3) is 0 Å². The van der Waals surface area contributed by atoms with E-state index in [1.165, 1.54) is 7.11 Å². The Hall–Kier alpha value is -1.99. The Morgan fingerprint density at radius 2 is 2.12 bits per heavy atom. The van der Waals surface area contributed by atoms with Gasteiger partial charge >= 0.3 is 5.97 Å². The summed E-state index contributed by atoms with van der Waals surface area (Å²) in [6, 6.07) is 9.62. The van der Waals surface area contributed by atoms with Crippen molar-refractivity contribution < 1.29 is 19.4 Å². The van der Waals surface area contributed by atoms with E-state index in [4.69, 9.17) is 15.3 Å². The summed E-state index contributed by atoms with van der Waals surface area (Å²) in [5.74, 6) is 3.64. The Balaban J connectivity index is 2.01. The van der Waals surface area contributed by atoms with E-state index in [0.29, 0.717) is 13.0 Å². The van der Waals surface area contributed by atoms with Crippen LogP contribution in [0.1, 0.15) is 25.3 Å². The fourth-order valence-corrected chi connectivity index (χ4v) is 2.64. The van der Waals surface area contributed by atoms with Crippen molar-refractivity contribution in [3.8, 4) is 0 Å². The van der Waals surface area contributed by atoms with E-state index < -0.39 is 17.3 Å². The summed E-state index contributed by atoms with van der Waals surface area (Å²) in [7, 11) is 1.31. The summed E-state index contributed by atoms with van der Waals surface area (Å²) in [6.45, 7) is 1.94. The smallest absolute Gasteiger partial charge is 0.327 e. The molecule has 6 nitrogen and oxygen atoms in total. The minimum Gasteiger partial charge on any atom is -0.468 e. The third-order valence-corrected chi connectivity index (χ3v) is 4.04. The zero-order valence-electron chi connectivity index (χ0n) is 14.0. The molecule has 0 fully saturated rings. The molecule has 1 aliphatic carbocycles. The molecule has 24 heavy (non-hydrogen) atoms. The second-order valence-corrected chi connectivity index (χ2v) is 6.12. The van der Waals surface area contributed by atoms with Crippen molar-refractivity contribution in [3.05, 3.63) is 59.7 Å². The predicted octanol–water partition coefficient (Wildman–Crippen LogP) is 1.56. The zero-order valence-corrected chi connectivity index (χ0v) is 14.0. The molecule has 2 rings (SSSR count). The zero-order chi connectivity index (χ0) is 17.6. The number of allylic oxidation sites excluding steroid dienone is 2. The number of hydrogen-bond acceptors (Lipinski definition) is 6. The highest BCUT2D eigenvalue weighted by molar-refractivity contribution is 5.80. The normalized spacial score (nSPS) is 22.6. The van der Waals surface area contributed by atoms with Crippen LogP contribution in [0, 0.1) is 0 Å². The fraction of sp³-hybridized carbons (Fsp3) is 0.389. The summed E-state index contributed by atoms with van der Waals surface area (Å²) < 4.78 is 10.5. The molecule has 2 atom stereocenters. The summed E-state index contributed by atoms with van der Waals surface area (Å²) in [4.78, 5) is 11.9. The maximum Gasteiger partial charge on any atom is 0.327 e. The van der Waals surface area contributed by atoms with Gasteiger partial charge < -0.3 is 14.6 Å². The summed E-state index contributed by atoms with van der Waals surface area (Å²) in [6.07, 6.45) is 5.73. The molecule has 130 valence electrons. The standard InChI is InChI=1S/C18H24N2O4/c1-17(20-19,16(21)23-2)11-15-9-6-10-18(22,12-15)24-13-14-7-4-3-5-8-14/h3-10,20,22H,11-13,19H2,1-2H3. The highest BCUT2D eigenvalue weighted by Gasteiger charge is 2.37. The first-order valence-corrected chi connectivity index (χ1v) is 7.74. The van der Waals surface area contributed by atoms with E-state index in [2.05, 4.69) is 5.43 Å². The number of carbonyl (C=O) groups is 1. The first-order chi connectivity index (χ1) is 11.4. The third-order valence-electron chi connectivity index (χ3n) is 4.04. The number of nitrogens with two attached hydrogens (primary N) is 1. The fourth-order valence-electron chi connectivity index (χ4n) is 2.64. The van der Waals surface area contributed by atoms with Gasteiger partial charge in [-0.05, 0) is 25.0 Å². The van der Waals surface area contributed by atoms with Crippen LogP contribution >= 0.6 is 0 Å².